The van der Waals surface area contributed by atoms with E-state index in [1.165, 1.54) is 19.2 Å². The van der Waals surface area contributed by atoms with Crippen LogP contribution in [-0.4, -0.2) is 26.4 Å². The Morgan fingerprint density at radius 1 is 1.13 bits per heavy atom. The minimum Gasteiger partial charge on any atom is -0.441 e. The molecule has 0 aliphatic heterocycles. The largest absolute Gasteiger partial charge is 0.441 e. The minimum atomic E-state index is -3.48. The Morgan fingerprint density at radius 2 is 1.87 bits per heavy atom. The van der Waals surface area contributed by atoms with Crippen molar-refractivity contribution in [2.45, 2.75) is 24.3 Å². The number of aromatic nitrogens is 1. The van der Waals surface area contributed by atoms with Crippen LogP contribution in [0.2, 0.25) is 10.0 Å². The molecular weight excluding hydrogens is 449 g/mol. The Morgan fingerprint density at radius 3 is 2.53 bits per heavy atom. The molecule has 0 aliphatic carbocycles. The molecule has 0 saturated heterocycles. The van der Waals surface area contributed by atoms with Gasteiger partial charge in [0.2, 0.25) is 15.9 Å². The highest BCUT2D eigenvalue weighted by Gasteiger charge is 2.13. The molecule has 3 aromatic rings. The number of nitrogens with zero attached hydrogens (tertiary/aromatic N) is 1. The van der Waals surface area contributed by atoms with E-state index in [2.05, 4.69) is 15.0 Å². The van der Waals surface area contributed by atoms with Crippen molar-refractivity contribution in [1.29, 1.82) is 0 Å². The Hall–Kier alpha value is -2.39. The molecular formula is C20H19Cl2N3O4S. The molecule has 2 N–H and O–H groups in total. The van der Waals surface area contributed by atoms with Crippen LogP contribution in [0.15, 0.2) is 58.0 Å². The van der Waals surface area contributed by atoms with E-state index in [9.17, 15) is 13.2 Å². The van der Waals surface area contributed by atoms with Gasteiger partial charge in [-0.05, 0) is 42.9 Å². The molecule has 0 atom stereocenters. The van der Waals surface area contributed by atoms with E-state index in [4.69, 9.17) is 27.6 Å². The number of nitrogens with one attached hydrogen (secondary N) is 2. The van der Waals surface area contributed by atoms with Gasteiger partial charge in [-0.15, -0.1) is 0 Å². The molecule has 1 amide bonds. The lowest BCUT2D eigenvalue weighted by atomic mass is 10.2. The van der Waals surface area contributed by atoms with E-state index in [0.29, 0.717) is 33.7 Å². The minimum absolute atomic E-state index is 0.167. The maximum absolute atomic E-state index is 12.1. The topological polar surface area (TPSA) is 101 Å². The van der Waals surface area contributed by atoms with E-state index >= 15 is 0 Å². The highest BCUT2D eigenvalue weighted by atomic mass is 35.5. The summed E-state index contributed by atoms with van der Waals surface area (Å²) in [7, 11) is -2.13. The molecule has 3 rings (SSSR count). The van der Waals surface area contributed by atoms with Gasteiger partial charge >= 0.3 is 0 Å². The van der Waals surface area contributed by atoms with Crippen LogP contribution in [0.1, 0.15) is 17.9 Å². The summed E-state index contributed by atoms with van der Waals surface area (Å²) in [4.78, 5) is 16.5. The van der Waals surface area contributed by atoms with Gasteiger partial charge in [0.05, 0.1) is 16.1 Å². The summed E-state index contributed by atoms with van der Waals surface area (Å²) in [6, 6.07) is 11.4. The highest BCUT2D eigenvalue weighted by Crippen LogP contribution is 2.30. The Kier molecular flexibility index (Phi) is 7.14. The number of aryl methyl sites for hydroxylation is 1. The zero-order valence-electron chi connectivity index (χ0n) is 16.0. The Labute approximate surface area is 184 Å². The summed E-state index contributed by atoms with van der Waals surface area (Å²) in [6.45, 7) is 0.288. The van der Waals surface area contributed by atoms with Crippen molar-refractivity contribution >= 4 is 39.1 Å². The van der Waals surface area contributed by atoms with E-state index in [0.717, 1.165) is 5.56 Å². The molecule has 1 aromatic heterocycles. The zero-order chi connectivity index (χ0) is 21.7. The van der Waals surface area contributed by atoms with Crippen molar-refractivity contribution in [3.8, 4) is 11.3 Å². The van der Waals surface area contributed by atoms with E-state index in [1.807, 2.05) is 0 Å². The third-order valence-electron chi connectivity index (χ3n) is 4.31. The number of hydrogen-bond acceptors (Lipinski definition) is 5. The average Bonchev–Trinajstić information content (AvgIpc) is 3.19. The van der Waals surface area contributed by atoms with Gasteiger partial charge < -0.3 is 9.73 Å². The number of sulfonamides is 1. The fourth-order valence-electron chi connectivity index (χ4n) is 2.65. The Balaban J connectivity index is 1.51. The van der Waals surface area contributed by atoms with Crippen LogP contribution in [0.25, 0.3) is 11.3 Å². The summed E-state index contributed by atoms with van der Waals surface area (Å²) in [5.41, 5.74) is 1.46. The van der Waals surface area contributed by atoms with Gasteiger partial charge in [-0.25, -0.2) is 18.1 Å². The molecule has 7 nitrogen and oxygen atoms in total. The monoisotopic (exact) mass is 467 g/mol. The molecule has 0 saturated carbocycles. The van der Waals surface area contributed by atoms with E-state index in [-0.39, 0.29) is 23.8 Å². The summed E-state index contributed by atoms with van der Waals surface area (Å²) in [6.07, 6.45) is 2.08. The predicted octanol–water partition coefficient (Wildman–Crippen LogP) is 3.81. The first-order valence-electron chi connectivity index (χ1n) is 8.98. The quantitative estimate of drug-likeness (QED) is 0.524. The van der Waals surface area contributed by atoms with Gasteiger partial charge in [0, 0.05) is 30.0 Å². The van der Waals surface area contributed by atoms with Crippen LogP contribution in [0, 0.1) is 0 Å². The lowest BCUT2D eigenvalue weighted by Crippen LogP contribution is -2.23. The van der Waals surface area contributed by atoms with Crippen LogP contribution < -0.4 is 10.0 Å². The van der Waals surface area contributed by atoms with Crippen LogP contribution in [0.3, 0.4) is 0 Å². The van der Waals surface area contributed by atoms with Crippen molar-refractivity contribution < 1.29 is 17.6 Å². The summed E-state index contributed by atoms with van der Waals surface area (Å²) in [5.74, 6) is 0.752. The molecule has 0 spiro atoms. The molecule has 2 aromatic carbocycles. The maximum Gasteiger partial charge on any atom is 0.240 e. The van der Waals surface area contributed by atoms with Gasteiger partial charge in [0.1, 0.15) is 0 Å². The molecule has 0 radical (unpaired) electrons. The second-order valence-corrected chi connectivity index (χ2v) is 9.10. The lowest BCUT2D eigenvalue weighted by Gasteiger charge is -2.06. The molecule has 30 heavy (non-hydrogen) atoms. The molecule has 0 aliphatic rings. The van der Waals surface area contributed by atoms with Gasteiger partial charge in [-0.2, -0.15) is 0 Å². The number of oxazole rings is 1. The average molecular weight is 468 g/mol. The molecule has 0 fully saturated rings. The van der Waals surface area contributed by atoms with Crippen molar-refractivity contribution in [3.05, 3.63) is 70.2 Å². The standard InChI is InChI=1S/C20H19Cl2N3O4S/c1-23-30(27,28)15-5-2-13(3-6-15)11-24-19(26)8-9-20-25-12-18(29-20)16-7-4-14(21)10-17(16)22/h2-7,10,12,23H,8-9,11H2,1H3,(H,24,26). The maximum atomic E-state index is 12.1. The predicted molar refractivity (Wildman–Crippen MR) is 115 cm³/mol. The molecule has 0 bridgehead atoms. The van der Waals surface area contributed by atoms with E-state index < -0.39 is 10.0 Å². The number of carbonyl (C=O) groups is 1. The molecule has 158 valence electrons. The number of rotatable bonds is 8. The van der Waals surface area contributed by atoms with Gasteiger partial charge in [-0.1, -0.05) is 35.3 Å². The summed E-state index contributed by atoms with van der Waals surface area (Å²) >= 11 is 12.1. The molecule has 10 heteroatoms. The lowest BCUT2D eigenvalue weighted by molar-refractivity contribution is -0.121. The Bertz CT molecular complexity index is 1150. The number of amides is 1. The van der Waals surface area contributed by atoms with E-state index in [1.54, 1.807) is 36.5 Å². The fourth-order valence-corrected chi connectivity index (χ4v) is 3.89. The normalized spacial score (nSPS) is 11.4. The molecule has 0 unspecified atom stereocenters. The van der Waals surface area contributed by atoms with Crippen LogP contribution in [0.5, 0.6) is 0 Å². The van der Waals surface area contributed by atoms with Crippen LogP contribution in [-0.2, 0) is 27.8 Å². The second-order valence-electron chi connectivity index (χ2n) is 6.37. The van der Waals surface area contributed by atoms with Crippen molar-refractivity contribution in [2.24, 2.45) is 0 Å². The van der Waals surface area contributed by atoms with Crippen molar-refractivity contribution in [1.82, 2.24) is 15.0 Å². The first-order valence-corrected chi connectivity index (χ1v) is 11.2. The third-order valence-corrected chi connectivity index (χ3v) is 6.29. The van der Waals surface area contributed by atoms with Gasteiger partial charge in [0.15, 0.2) is 11.7 Å². The summed E-state index contributed by atoms with van der Waals surface area (Å²) < 4.78 is 31.4. The highest BCUT2D eigenvalue weighted by molar-refractivity contribution is 7.89. The second kappa shape index (κ2) is 9.61. The number of benzene rings is 2. The van der Waals surface area contributed by atoms with Crippen LogP contribution in [0.4, 0.5) is 0 Å². The number of halogens is 2. The van der Waals surface area contributed by atoms with Gasteiger partial charge in [0.25, 0.3) is 0 Å². The van der Waals surface area contributed by atoms with Gasteiger partial charge in [-0.3, -0.25) is 4.79 Å². The van der Waals surface area contributed by atoms with Crippen LogP contribution >= 0.6 is 23.2 Å². The fraction of sp³-hybridized carbons (Fsp3) is 0.200. The van der Waals surface area contributed by atoms with Crippen molar-refractivity contribution in [2.75, 3.05) is 7.05 Å². The molecule has 1 heterocycles. The smallest absolute Gasteiger partial charge is 0.240 e. The number of carbonyl (C=O) groups excluding carboxylic acids is 1. The summed E-state index contributed by atoms with van der Waals surface area (Å²) in [5, 5.41) is 3.77. The first kappa shape index (κ1) is 22.3. The zero-order valence-corrected chi connectivity index (χ0v) is 18.3. The number of hydrogen-bond donors (Lipinski definition) is 2. The van der Waals surface area contributed by atoms with Crippen molar-refractivity contribution in [3.63, 3.8) is 0 Å². The first-order chi connectivity index (χ1) is 14.3. The SMILES string of the molecule is CNS(=O)(=O)c1ccc(CNC(=O)CCc2ncc(-c3ccc(Cl)cc3Cl)o2)cc1. The third kappa shape index (κ3) is 5.60.